The third-order valence-corrected chi connectivity index (χ3v) is 4.29. The molecule has 1 atom stereocenters. The minimum atomic E-state index is 0.382. The van der Waals surface area contributed by atoms with E-state index in [2.05, 4.69) is 47.8 Å². The van der Waals surface area contributed by atoms with Crippen LogP contribution in [0, 0.1) is 0 Å². The summed E-state index contributed by atoms with van der Waals surface area (Å²) >= 11 is 1.93. The molecule has 0 aromatic heterocycles. The molecule has 19 heavy (non-hydrogen) atoms. The molecule has 0 bridgehead atoms. The zero-order valence-corrected chi connectivity index (χ0v) is 12.4. The molecule has 3 heteroatoms. The molecule has 0 fully saturated rings. The van der Waals surface area contributed by atoms with Crippen LogP contribution in [0.5, 0.6) is 0 Å². The molecule has 0 aliphatic heterocycles. The molecule has 0 saturated heterocycles. The lowest BCUT2D eigenvalue weighted by molar-refractivity contribution is 0.218. The highest BCUT2D eigenvalue weighted by atomic mass is 32.2. The lowest BCUT2D eigenvalue weighted by Gasteiger charge is -2.18. The maximum Gasteiger partial charge on any atom is 0.0552 e. The van der Waals surface area contributed by atoms with Gasteiger partial charge >= 0.3 is 0 Å². The summed E-state index contributed by atoms with van der Waals surface area (Å²) in [6.45, 7) is 0.816. The molecule has 0 aliphatic carbocycles. The number of hydrogen-bond donors (Lipinski definition) is 1. The van der Waals surface area contributed by atoms with Crippen molar-refractivity contribution in [3.63, 3.8) is 0 Å². The zero-order chi connectivity index (χ0) is 13.5. The molecule has 0 radical (unpaired) electrons. The Kier molecular flexibility index (Phi) is 5.70. The van der Waals surface area contributed by atoms with E-state index in [-0.39, 0.29) is 0 Å². The van der Waals surface area contributed by atoms with Crippen LogP contribution in [0.1, 0.15) is 11.6 Å². The molecular weight excluding hydrogens is 254 g/mol. The molecule has 2 aromatic rings. The second-order valence-electron chi connectivity index (χ2n) is 4.48. The quantitative estimate of drug-likeness (QED) is 0.782. The molecule has 0 aliphatic rings. The van der Waals surface area contributed by atoms with Crippen LogP contribution in [0.3, 0.4) is 0 Å². The molecule has 2 nitrogen and oxygen atoms in total. The number of rotatable bonds is 7. The van der Waals surface area contributed by atoms with E-state index in [1.54, 1.807) is 7.11 Å². The summed E-state index contributed by atoms with van der Waals surface area (Å²) in [6.07, 6.45) is 0. The third-order valence-electron chi connectivity index (χ3n) is 3.26. The molecule has 2 rings (SSSR count). The lowest BCUT2D eigenvalue weighted by atomic mass is 10.00. The number of methoxy groups -OCH3 is 1. The first-order valence-electron chi connectivity index (χ1n) is 6.58. The van der Waals surface area contributed by atoms with E-state index >= 15 is 0 Å². The lowest BCUT2D eigenvalue weighted by Crippen LogP contribution is -2.19. The van der Waals surface area contributed by atoms with E-state index in [0.717, 1.165) is 18.1 Å². The van der Waals surface area contributed by atoms with Gasteiger partial charge in [-0.15, -0.1) is 0 Å². The van der Waals surface area contributed by atoms with Crippen molar-refractivity contribution >= 4 is 22.5 Å². The van der Waals surface area contributed by atoms with Crippen LogP contribution >= 0.6 is 11.8 Å². The Morgan fingerprint density at radius 2 is 1.95 bits per heavy atom. The van der Waals surface area contributed by atoms with E-state index in [0.29, 0.717) is 6.04 Å². The van der Waals surface area contributed by atoms with Gasteiger partial charge in [-0.2, -0.15) is 11.8 Å². The number of fused-ring (bicyclic) bond motifs is 1. The van der Waals surface area contributed by atoms with Gasteiger partial charge in [-0.25, -0.2) is 0 Å². The van der Waals surface area contributed by atoms with Crippen molar-refractivity contribution in [3.8, 4) is 0 Å². The van der Waals surface area contributed by atoms with Crippen molar-refractivity contribution in [1.82, 2.24) is 5.32 Å². The smallest absolute Gasteiger partial charge is 0.0552 e. The Labute approximate surface area is 119 Å². The largest absolute Gasteiger partial charge is 0.384 e. The van der Waals surface area contributed by atoms with Crippen molar-refractivity contribution < 1.29 is 4.74 Å². The van der Waals surface area contributed by atoms with Gasteiger partial charge in [0.1, 0.15) is 0 Å². The van der Waals surface area contributed by atoms with Gasteiger partial charge in [0.25, 0.3) is 0 Å². The second kappa shape index (κ2) is 7.53. The van der Waals surface area contributed by atoms with Gasteiger partial charge < -0.3 is 10.1 Å². The third kappa shape index (κ3) is 3.72. The summed E-state index contributed by atoms with van der Waals surface area (Å²) in [4.78, 5) is 0. The van der Waals surface area contributed by atoms with Crippen molar-refractivity contribution in [2.24, 2.45) is 0 Å². The first-order chi connectivity index (χ1) is 9.36. The van der Waals surface area contributed by atoms with E-state index in [1.807, 2.05) is 18.8 Å². The Morgan fingerprint density at radius 1 is 1.16 bits per heavy atom. The molecule has 0 saturated carbocycles. The first kappa shape index (κ1) is 14.4. The van der Waals surface area contributed by atoms with Crippen LogP contribution in [0.4, 0.5) is 0 Å². The zero-order valence-electron chi connectivity index (χ0n) is 11.6. The van der Waals surface area contributed by atoms with Crippen LogP contribution in [-0.4, -0.2) is 32.3 Å². The summed E-state index contributed by atoms with van der Waals surface area (Å²) in [5.41, 5.74) is 1.38. The Morgan fingerprint density at radius 3 is 2.74 bits per heavy atom. The summed E-state index contributed by atoms with van der Waals surface area (Å²) in [6, 6.07) is 15.5. The highest BCUT2D eigenvalue weighted by Crippen LogP contribution is 2.26. The molecule has 102 valence electrons. The van der Waals surface area contributed by atoms with E-state index in [4.69, 9.17) is 4.74 Å². The predicted octanol–water partition coefficient (Wildman–Crippen LogP) is 3.48. The predicted molar refractivity (Wildman–Crippen MR) is 84.9 cm³/mol. The number of thioether (sulfide) groups is 1. The number of hydrogen-bond acceptors (Lipinski definition) is 3. The normalized spacial score (nSPS) is 12.7. The van der Waals surface area contributed by atoms with Gasteiger partial charge in [0, 0.05) is 24.7 Å². The average Bonchev–Trinajstić information content (AvgIpc) is 2.47. The molecule has 1 unspecified atom stereocenters. The van der Waals surface area contributed by atoms with Gasteiger partial charge in [0.15, 0.2) is 0 Å². The topological polar surface area (TPSA) is 21.3 Å². The first-order valence-corrected chi connectivity index (χ1v) is 7.74. The van der Waals surface area contributed by atoms with E-state index < -0.39 is 0 Å². The molecule has 0 amide bonds. The Hall–Kier alpha value is -1.03. The van der Waals surface area contributed by atoms with Crippen molar-refractivity contribution in [1.29, 1.82) is 0 Å². The SMILES string of the molecule is CNC(CSCCOC)c1cccc2ccccc12. The molecule has 2 aromatic carbocycles. The maximum atomic E-state index is 5.09. The fourth-order valence-electron chi connectivity index (χ4n) is 2.23. The van der Waals surface area contributed by atoms with Crippen LogP contribution in [0.15, 0.2) is 42.5 Å². The second-order valence-corrected chi connectivity index (χ2v) is 5.63. The maximum absolute atomic E-state index is 5.09. The molecule has 0 spiro atoms. The van der Waals surface area contributed by atoms with Gasteiger partial charge in [-0.1, -0.05) is 42.5 Å². The standard InChI is InChI=1S/C16H21NOS/c1-17-16(12-19-11-10-18-2)15-9-5-7-13-6-3-4-8-14(13)15/h3-9,16-17H,10-12H2,1-2H3. The van der Waals surface area contributed by atoms with E-state index in [9.17, 15) is 0 Å². The van der Waals surface area contributed by atoms with Crippen molar-refractivity contribution in [3.05, 3.63) is 48.0 Å². The highest BCUT2D eigenvalue weighted by molar-refractivity contribution is 7.99. The fourth-order valence-corrected chi connectivity index (χ4v) is 3.26. The highest BCUT2D eigenvalue weighted by Gasteiger charge is 2.11. The summed E-state index contributed by atoms with van der Waals surface area (Å²) in [5, 5.41) is 6.08. The number of benzene rings is 2. The monoisotopic (exact) mass is 275 g/mol. The Balaban J connectivity index is 2.16. The molecule has 1 N–H and O–H groups in total. The summed E-state index contributed by atoms with van der Waals surface area (Å²) in [5.74, 6) is 2.10. The minimum Gasteiger partial charge on any atom is -0.384 e. The van der Waals surface area contributed by atoms with Gasteiger partial charge in [-0.05, 0) is 23.4 Å². The summed E-state index contributed by atoms with van der Waals surface area (Å²) in [7, 11) is 3.78. The van der Waals surface area contributed by atoms with E-state index in [1.165, 1.54) is 16.3 Å². The summed E-state index contributed by atoms with van der Waals surface area (Å²) < 4.78 is 5.09. The van der Waals surface area contributed by atoms with Crippen LogP contribution in [0.2, 0.25) is 0 Å². The Bertz CT molecular complexity index is 510. The van der Waals surface area contributed by atoms with Gasteiger partial charge in [-0.3, -0.25) is 0 Å². The molecule has 0 heterocycles. The van der Waals surface area contributed by atoms with Gasteiger partial charge in [0.05, 0.1) is 6.61 Å². The van der Waals surface area contributed by atoms with Crippen molar-refractivity contribution in [2.75, 3.05) is 32.3 Å². The van der Waals surface area contributed by atoms with Gasteiger partial charge in [0.2, 0.25) is 0 Å². The molecular formula is C16H21NOS. The van der Waals surface area contributed by atoms with Crippen molar-refractivity contribution in [2.45, 2.75) is 6.04 Å². The fraction of sp³-hybridized carbons (Fsp3) is 0.375. The number of nitrogens with one attached hydrogen (secondary N) is 1. The van der Waals surface area contributed by atoms with Crippen LogP contribution < -0.4 is 5.32 Å². The number of ether oxygens (including phenoxy) is 1. The minimum absolute atomic E-state index is 0.382. The average molecular weight is 275 g/mol. The van der Waals surface area contributed by atoms with Crippen LogP contribution in [0.25, 0.3) is 10.8 Å². The van der Waals surface area contributed by atoms with Crippen LogP contribution in [-0.2, 0) is 4.74 Å².